The van der Waals surface area contributed by atoms with Gasteiger partial charge in [0.15, 0.2) is 11.5 Å². The summed E-state index contributed by atoms with van der Waals surface area (Å²) in [6, 6.07) is 5.45. The zero-order valence-corrected chi connectivity index (χ0v) is 20.7. The lowest BCUT2D eigenvalue weighted by molar-refractivity contribution is -0.178. The number of aliphatic hydroxyl groups excluding tert-OH is 1. The van der Waals surface area contributed by atoms with Crippen molar-refractivity contribution in [2.45, 2.75) is 61.7 Å². The Labute approximate surface area is 213 Å². The van der Waals surface area contributed by atoms with Gasteiger partial charge in [-0.2, -0.15) is 5.26 Å². The third-order valence-corrected chi connectivity index (χ3v) is 10.9. The van der Waals surface area contributed by atoms with Crippen LogP contribution in [0.5, 0.6) is 11.5 Å². The lowest BCUT2D eigenvalue weighted by Crippen LogP contribution is -2.81. The SMILES string of the molecule is COC(=O)N1c2c(ccc3c2OCO3)[C@]23C4C(=O)C5C[C@]6(CCCN([C@H]4/C(C#N)=C(\C)N)[C@@H]62)C[C@H](O)[C@@]513. The van der Waals surface area contributed by atoms with E-state index in [0.29, 0.717) is 41.3 Å². The molecular weight excluding hydrogens is 476 g/mol. The zero-order chi connectivity index (χ0) is 25.6. The van der Waals surface area contributed by atoms with Gasteiger partial charge in [-0.25, -0.2) is 4.79 Å². The Bertz CT molecular complexity index is 1400. The fourth-order valence-corrected chi connectivity index (χ4v) is 10.5. The number of amides is 1. The minimum atomic E-state index is -1.24. The molecule has 1 aromatic rings. The van der Waals surface area contributed by atoms with Crippen LogP contribution in [0.4, 0.5) is 10.5 Å². The number of hydrogen-bond donors (Lipinski definition) is 2. The fraction of sp³-hybridized carbons (Fsp3) is 0.593. The molecule has 3 spiro atoms. The van der Waals surface area contributed by atoms with Gasteiger partial charge in [0, 0.05) is 17.7 Å². The van der Waals surface area contributed by atoms with E-state index >= 15 is 0 Å². The summed E-state index contributed by atoms with van der Waals surface area (Å²) in [5.74, 6) is -0.272. The van der Waals surface area contributed by atoms with E-state index in [2.05, 4.69) is 11.0 Å². The maximum Gasteiger partial charge on any atom is 0.414 e. The van der Waals surface area contributed by atoms with Crippen molar-refractivity contribution in [1.82, 2.24) is 4.90 Å². The first-order valence-corrected chi connectivity index (χ1v) is 13.0. The Balaban J connectivity index is 1.54. The summed E-state index contributed by atoms with van der Waals surface area (Å²) in [7, 11) is 1.32. The third kappa shape index (κ3) is 1.89. The summed E-state index contributed by atoms with van der Waals surface area (Å²) in [6.07, 6.45) is 1.29. The molecule has 9 rings (SSSR count). The number of carbonyl (C=O) groups is 2. The van der Waals surface area contributed by atoms with Crippen molar-refractivity contribution in [3.05, 3.63) is 29.0 Å². The van der Waals surface area contributed by atoms with Gasteiger partial charge in [0.1, 0.15) is 5.78 Å². The number of ether oxygens (including phenoxy) is 3. The predicted octanol–water partition coefficient (Wildman–Crippen LogP) is 1.55. The molecule has 4 saturated carbocycles. The summed E-state index contributed by atoms with van der Waals surface area (Å²) in [4.78, 5) is 32.2. The van der Waals surface area contributed by atoms with E-state index in [1.54, 1.807) is 11.8 Å². The number of benzene rings is 1. The quantitative estimate of drug-likeness (QED) is 0.546. The number of ketones is 1. The molecule has 10 nitrogen and oxygen atoms in total. The van der Waals surface area contributed by atoms with E-state index in [4.69, 9.17) is 19.9 Å². The number of carbonyl (C=O) groups excluding carboxylic acids is 2. The van der Waals surface area contributed by atoms with E-state index < -0.39 is 41.0 Å². The van der Waals surface area contributed by atoms with Crippen molar-refractivity contribution in [2.24, 2.45) is 23.0 Å². The Morgan fingerprint density at radius 2 is 2.14 bits per heavy atom. The maximum atomic E-state index is 14.6. The van der Waals surface area contributed by atoms with Gasteiger partial charge in [-0.15, -0.1) is 0 Å². The molecule has 37 heavy (non-hydrogen) atoms. The van der Waals surface area contributed by atoms with Crippen LogP contribution in [-0.4, -0.2) is 66.1 Å². The number of anilines is 1. The second-order valence-electron chi connectivity index (χ2n) is 11.8. The number of nitrogens with zero attached hydrogens (tertiary/aromatic N) is 3. The molecule has 0 aromatic heterocycles. The number of Topliss-reactive ketones (excluding diaryl/α,β-unsaturated/α-hetero) is 1. The number of aliphatic hydroxyl groups is 1. The minimum absolute atomic E-state index is 0.00578. The number of nitrogens with two attached hydrogens (primary N) is 1. The van der Waals surface area contributed by atoms with Crippen molar-refractivity contribution in [1.29, 1.82) is 5.26 Å². The summed E-state index contributed by atoms with van der Waals surface area (Å²) < 4.78 is 16.9. The first-order chi connectivity index (χ1) is 17.8. The molecule has 1 aromatic carbocycles. The fourth-order valence-electron chi connectivity index (χ4n) is 10.5. The molecule has 4 aliphatic heterocycles. The van der Waals surface area contributed by atoms with Crippen LogP contribution in [0.15, 0.2) is 23.4 Å². The van der Waals surface area contributed by atoms with Crippen LogP contribution in [0.1, 0.15) is 38.2 Å². The predicted molar refractivity (Wildman–Crippen MR) is 128 cm³/mol. The molecule has 8 aliphatic rings. The van der Waals surface area contributed by atoms with Crippen molar-refractivity contribution in [3.63, 3.8) is 0 Å². The topological polar surface area (TPSA) is 138 Å². The summed E-state index contributed by atoms with van der Waals surface area (Å²) in [5.41, 5.74) is 5.92. The largest absolute Gasteiger partial charge is 0.454 e. The Morgan fingerprint density at radius 3 is 2.86 bits per heavy atom. The van der Waals surface area contributed by atoms with Gasteiger partial charge in [0.25, 0.3) is 0 Å². The van der Waals surface area contributed by atoms with Crippen molar-refractivity contribution >= 4 is 17.6 Å². The van der Waals surface area contributed by atoms with Gasteiger partial charge in [-0.05, 0) is 56.2 Å². The van der Waals surface area contributed by atoms with Crippen LogP contribution in [-0.2, 0) is 14.9 Å². The molecular formula is C27H28N4O6. The van der Waals surface area contributed by atoms with Crippen molar-refractivity contribution in [3.8, 4) is 17.6 Å². The minimum Gasteiger partial charge on any atom is -0.454 e. The summed E-state index contributed by atoms with van der Waals surface area (Å²) in [6.45, 7) is 2.45. The van der Waals surface area contributed by atoms with Crippen LogP contribution in [0.3, 0.4) is 0 Å². The lowest BCUT2D eigenvalue weighted by atomic mass is 9.40. The number of fused-ring (bicyclic) bond motifs is 4. The normalized spacial score (nSPS) is 43.9. The number of hydrogen-bond acceptors (Lipinski definition) is 9. The number of piperidine rings is 1. The number of allylic oxidation sites excluding steroid dienone is 1. The van der Waals surface area contributed by atoms with E-state index in [0.717, 1.165) is 24.9 Å². The molecule has 1 amide bonds. The van der Waals surface area contributed by atoms with Crippen LogP contribution in [0.25, 0.3) is 0 Å². The molecule has 4 aliphatic carbocycles. The zero-order valence-electron chi connectivity index (χ0n) is 20.7. The average molecular weight is 505 g/mol. The average Bonchev–Trinajstić information content (AvgIpc) is 3.57. The van der Waals surface area contributed by atoms with Crippen LogP contribution < -0.4 is 20.1 Å². The number of methoxy groups -OCH3 is 1. The molecule has 2 saturated heterocycles. The molecule has 2 unspecified atom stereocenters. The second-order valence-corrected chi connectivity index (χ2v) is 11.8. The number of nitriles is 1. The Hall–Kier alpha value is -3.29. The van der Waals surface area contributed by atoms with Gasteiger partial charge in [-0.1, -0.05) is 6.07 Å². The first kappa shape index (κ1) is 21.8. The van der Waals surface area contributed by atoms with Gasteiger partial charge in [-0.3, -0.25) is 14.6 Å². The maximum absolute atomic E-state index is 14.6. The first-order valence-electron chi connectivity index (χ1n) is 13.0. The molecule has 3 N–H and O–H groups in total. The highest BCUT2D eigenvalue weighted by molar-refractivity contribution is 6.06. The second kappa shape index (κ2) is 6.40. The van der Waals surface area contributed by atoms with Crippen LogP contribution in [0.2, 0.25) is 0 Å². The highest BCUT2D eigenvalue weighted by atomic mass is 16.7. The Morgan fingerprint density at radius 1 is 1.32 bits per heavy atom. The van der Waals surface area contributed by atoms with E-state index in [1.807, 2.05) is 12.1 Å². The van der Waals surface area contributed by atoms with Crippen LogP contribution in [0, 0.1) is 28.6 Å². The molecule has 10 heteroatoms. The molecule has 4 bridgehead atoms. The highest BCUT2D eigenvalue weighted by Crippen LogP contribution is 2.83. The molecule has 4 heterocycles. The standard InChI is InChI=1S/C27H28N4O6/c1-12(29)13(10-28)19-18-21(33)15-8-25-6-3-7-30(19)23(25)26(18)14-4-5-16-22(37-11-36-16)20(14)31(24(34)35-2)27(15,26)17(32)9-25/h4-5,15,17-19,23,32H,3,6-9,11,29H2,1-2H3/b13-12+/t15?,17-,18?,19-,23-,25+,26-,27+/m0/s1. The van der Waals surface area contributed by atoms with E-state index in [1.165, 1.54) is 7.11 Å². The van der Waals surface area contributed by atoms with Gasteiger partial charge >= 0.3 is 6.09 Å². The molecule has 6 fully saturated rings. The molecule has 8 atom stereocenters. The van der Waals surface area contributed by atoms with Crippen LogP contribution >= 0.6 is 0 Å². The summed E-state index contributed by atoms with van der Waals surface area (Å²) >= 11 is 0. The van der Waals surface area contributed by atoms with Gasteiger partial charge in [0.2, 0.25) is 6.79 Å². The number of rotatable bonds is 1. The Kier molecular flexibility index (Phi) is 3.76. The van der Waals surface area contributed by atoms with Crippen molar-refractivity contribution < 1.29 is 28.9 Å². The van der Waals surface area contributed by atoms with E-state index in [9.17, 15) is 20.0 Å². The smallest absolute Gasteiger partial charge is 0.414 e. The monoisotopic (exact) mass is 504 g/mol. The molecule has 192 valence electrons. The molecule has 0 radical (unpaired) electrons. The van der Waals surface area contributed by atoms with Gasteiger partial charge < -0.3 is 25.1 Å². The highest BCUT2D eigenvalue weighted by Gasteiger charge is 2.93. The third-order valence-electron chi connectivity index (χ3n) is 10.9. The lowest BCUT2D eigenvalue weighted by Gasteiger charge is -2.69. The van der Waals surface area contributed by atoms with Crippen molar-refractivity contribution in [2.75, 3.05) is 25.3 Å². The summed E-state index contributed by atoms with van der Waals surface area (Å²) in [5, 5.41) is 22.4. The van der Waals surface area contributed by atoms with E-state index in [-0.39, 0.29) is 24.0 Å². The van der Waals surface area contributed by atoms with Gasteiger partial charge in [0.05, 0.1) is 53.5 Å².